The highest BCUT2D eigenvalue weighted by molar-refractivity contribution is 5.99. The van der Waals surface area contributed by atoms with Gasteiger partial charge in [-0.05, 0) is 44.5 Å². The number of piperidine rings is 2. The smallest absolute Gasteiger partial charge is 0.280 e. The Balaban J connectivity index is 1.05. The van der Waals surface area contributed by atoms with Crippen molar-refractivity contribution in [3.63, 3.8) is 0 Å². The van der Waals surface area contributed by atoms with E-state index in [1.54, 1.807) is 18.2 Å². The second kappa shape index (κ2) is 16.4. The molecule has 41 heavy (non-hydrogen) atoms. The molecule has 2 aliphatic heterocycles. The van der Waals surface area contributed by atoms with E-state index < -0.39 is 17.5 Å². The topological polar surface area (TPSA) is 172 Å². The van der Waals surface area contributed by atoms with Crippen LogP contribution in [0.15, 0.2) is 23.0 Å². The van der Waals surface area contributed by atoms with E-state index in [4.69, 9.17) is 24.7 Å². The first-order valence-electron chi connectivity index (χ1n) is 14.3. The third-order valence-corrected chi connectivity index (χ3v) is 7.08. The largest absolute Gasteiger partial charge is 0.382 e. The normalized spacial score (nSPS) is 18.6. The molecule has 2 fully saturated rings. The highest BCUT2D eigenvalue weighted by atomic mass is 16.6. The molecule has 2 aromatic rings. The summed E-state index contributed by atoms with van der Waals surface area (Å²) < 4.78 is 23.4. The molecule has 0 radical (unpaired) electrons. The lowest BCUT2D eigenvalue weighted by atomic mass is 10.1. The SMILES string of the molecule is NC1CCN(CCOCCOCCOCCOCCNc2cccc3nnn(C4CCC(=O)NC4=O)c(=O)c23)CC1. The molecule has 0 saturated carbocycles. The van der Waals surface area contributed by atoms with Crippen molar-refractivity contribution in [1.82, 2.24) is 25.2 Å². The monoisotopic (exact) mass is 575 g/mol. The van der Waals surface area contributed by atoms with Crippen molar-refractivity contribution in [2.24, 2.45) is 5.73 Å². The van der Waals surface area contributed by atoms with Gasteiger partial charge in [0.15, 0.2) is 0 Å². The molecule has 0 bridgehead atoms. The van der Waals surface area contributed by atoms with E-state index in [0.29, 0.717) is 82.0 Å². The van der Waals surface area contributed by atoms with E-state index in [-0.39, 0.29) is 18.7 Å². The Labute approximate surface area is 238 Å². The Morgan fingerprint density at radius 3 is 2.24 bits per heavy atom. The quantitative estimate of drug-likeness (QED) is 0.166. The summed E-state index contributed by atoms with van der Waals surface area (Å²) in [4.78, 5) is 39.3. The molecule has 4 rings (SSSR count). The zero-order valence-electron chi connectivity index (χ0n) is 23.4. The zero-order valence-corrected chi connectivity index (χ0v) is 23.4. The molecule has 0 aliphatic carbocycles. The number of fused-ring (bicyclic) bond motifs is 1. The van der Waals surface area contributed by atoms with E-state index in [0.717, 1.165) is 37.2 Å². The Morgan fingerprint density at radius 2 is 1.56 bits per heavy atom. The molecule has 1 aromatic heterocycles. The van der Waals surface area contributed by atoms with Gasteiger partial charge in [0, 0.05) is 31.2 Å². The molecule has 2 amide bonds. The van der Waals surface area contributed by atoms with Gasteiger partial charge in [-0.15, -0.1) is 5.10 Å². The lowest BCUT2D eigenvalue weighted by Crippen LogP contribution is -2.45. The third-order valence-electron chi connectivity index (χ3n) is 7.08. The molecule has 2 saturated heterocycles. The number of likely N-dealkylation sites (tertiary alicyclic amines) is 1. The van der Waals surface area contributed by atoms with Gasteiger partial charge in [0.1, 0.15) is 11.6 Å². The van der Waals surface area contributed by atoms with E-state index in [1.165, 1.54) is 0 Å². The maximum Gasteiger partial charge on any atom is 0.280 e. The number of aromatic nitrogens is 3. The van der Waals surface area contributed by atoms with Crippen LogP contribution < -0.4 is 21.9 Å². The second-order valence-corrected chi connectivity index (χ2v) is 10.1. The molecule has 1 atom stereocenters. The van der Waals surface area contributed by atoms with Crippen LogP contribution in [0.25, 0.3) is 10.9 Å². The van der Waals surface area contributed by atoms with E-state index in [1.807, 2.05) is 0 Å². The van der Waals surface area contributed by atoms with E-state index in [9.17, 15) is 14.4 Å². The molecule has 226 valence electrons. The summed E-state index contributed by atoms with van der Waals surface area (Å²) >= 11 is 0. The van der Waals surface area contributed by atoms with Crippen molar-refractivity contribution >= 4 is 28.4 Å². The summed E-state index contributed by atoms with van der Waals surface area (Å²) in [6.07, 6.45) is 2.46. The number of carbonyl (C=O) groups excluding carboxylic acids is 2. The first-order chi connectivity index (χ1) is 20.0. The number of carbonyl (C=O) groups is 2. The molecular weight excluding hydrogens is 534 g/mol. The number of nitrogens with one attached hydrogen (secondary N) is 2. The average Bonchev–Trinajstić information content (AvgIpc) is 2.96. The van der Waals surface area contributed by atoms with Gasteiger partial charge in [-0.1, -0.05) is 11.3 Å². The van der Waals surface area contributed by atoms with Gasteiger partial charge >= 0.3 is 0 Å². The number of benzene rings is 1. The van der Waals surface area contributed by atoms with Gasteiger partial charge in [0.05, 0.1) is 58.2 Å². The zero-order chi connectivity index (χ0) is 28.9. The number of amides is 2. The van der Waals surface area contributed by atoms with Crippen LogP contribution in [0.1, 0.15) is 31.7 Å². The van der Waals surface area contributed by atoms with Gasteiger partial charge in [-0.2, -0.15) is 4.68 Å². The molecule has 1 aromatic carbocycles. The number of hydrogen-bond acceptors (Lipinski definition) is 12. The highest BCUT2D eigenvalue weighted by Gasteiger charge is 2.30. The Hall–Kier alpha value is -3.01. The number of imide groups is 1. The van der Waals surface area contributed by atoms with Gasteiger partial charge in [0.2, 0.25) is 5.91 Å². The fraction of sp³-hybridized carbons (Fsp3) is 0.667. The van der Waals surface area contributed by atoms with Crippen LogP contribution in [-0.2, 0) is 28.5 Å². The number of nitrogens with two attached hydrogens (primary N) is 1. The second-order valence-electron chi connectivity index (χ2n) is 10.1. The van der Waals surface area contributed by atoms with E-state index in [2.05, 4.69) is 25.8 Å². The van der Waals surface area contributed by atoms with Crippen molar-refractivity contribution < 1.29 is 28.5 Å². The molecule has 0 spiro atoms. The molecule has 3 heterocycles. The summed E-state index contributed by atoms with van der Waals surface area (Å²) in [5.41, 5.74) is 6.46. The Morgan fingerprint density at radius 1 is 0.902 bits per heavy atom. The number of hydrogen-bond donors (Lipinski definition) is 3. The van der Waals surface area contributed by atoms with Gasteiger partial charge < -0.3 is 34.9 Å². The van der Waals surface area contributed by atoms with Crippen LogP contribution >= 0.6 is 0 Å². The van der Waals surface area contributed by atoms with Crippen LogP contribution in [0.5, 0.6) is 0 Å². The minimum absolute atomic E-state index is 0.140. The van der Waals surface area contributed by atoms with Gasteiger partial charge in [0.25, 0.3) is 11.5 Å². The molecule has 14 heteroatoms. The summed E-state index contributed by atoms with van der Waals surface area (Å²) in [6, 6.07) is 4.69. The van der Waals surface area contributed by atoms with Crippen molar-refractivity contribution in [2.75, 3.05) is 84.4 Å². The standard InChI is InChI=1S/C27H41N7O7/c28-20-6-9-33(10-7-20)11-13-39-15-17-41-19-18-40-16-14-38-12-8-29-21-2-1-3-22-25(21)27(37)34(32-31-22)23-4-5-24(35)30-26(23)36/h1-3,20,23,29H,4-19,28H2,(H,30,35,36). The number of anilines is 1. The van der Waals surface area contributed by atoms with Crippen LogP contribution in [0.3, 0.4) is 0 Å². The summed E-state index contributed by atoms with van der Waals surface area (Å²) in [5, 5.41) is 13.8. The van der Waals surface area contributed by atoms with Crippen molar-refractivity contribution in [3.8, 4) is 0 Å². The first-order valence-corrected chi connectivity index (χ1v) is 14.3. The average molecular weight is 576 g/mol. The summed E-state index contributed by atoms with van der Waals surface area (Å²) in [7, 11) is 0. The summed E-state index contributed by atoms with van der Waals surface area (Å²) in [6.45, 7) is 7.54. The lowest BCUT2D eigenvalue weighted by Gasteiger charge is -2.29. The number of rotatable bonds is 17. The third kappa shape index (κ3) is 9.51. The van der Waals surface area contributed by atoms with Crippen molar-refractivity contribution in [3.05, 3.63) is 28.6 Å². The van der Waals surface area contributed by atoms with Gasteiger partial charge in [-0.3, -0.25) is 19.7 Å². The van der Waals surface area contributed by atoms with Crippen LogP contribution in [0, 0.1) is 0 Å². The predicted molar refractivity (Wildman–Crippen MR) is 151 cm³/mol. The Bertz CT molecular complexity index is 1190. The minimum atomic E-state index is -0.873. The van der Waals surface area contributed by atoms with E-state index >= 15 is 0 Å². The molecule has 1 unspecified atom stereocenters. The minimum Gasteiger partial charge on any atom is -0.382 e. The van der Waals surface area contributed by atoms with Crippen LogP contribution in [-0.4, -0.2) is 117 Å². The van der Waals surface area contributed by atoms with Gasteiger partial charge in [-0.25, -0.2) is 0 Å². The fourth-order valence-electron chi connectivity index (χ4n) is 4.76. The first kappa shape index (κ1) is 30.9. The van der Waals surface area contributed by atoms with Crippen LogP contribution in [0.4, 0.5) is 5.69 Å². The molecule has 2 aliphatic rings. The maximum atomic E-state index is 13.2. The number of ether oxygens (including phenoxy) is 4. The predicted octanol–water partition coefficient (Wildman–Crippen LogP) is -0.329. The molecule has 14 nitrogen and oxygen atoms in total. The Kier molecular flexibility index (Phi) is 12.4. The fourth-order valence-corrected chi connectivity index (χ4v) is 4.76. The van der Waals surface area contributed by atoms with Crippen molar-refractivity contribution in [1.29, 1.82) is 0 Å². The van der Waals surface area contributed by atoms with Crippen molar-refractivity contribution in [2.45, 2.75) is 37.8 Å². The molecule has 4 N–H and O–H groups in total. The maximum absolute atomic E-state index is 13.2. The summed E-state index contributed by atoms with van der Waals surface area (Å²) in [5.74, 6) is -0.913. The van der Waals surface area contributed by atoms with Crippen LogP contribution in [0.2, 0.25) is 0 Å². The lowest BCUT2D eigenvalue weighted by molar-refractivity contribution is -0.136. The number of nitrogens with zero attached hydrogens (tertiary/aromatic N) is 4. The highest BCUT2D eigenvalue weighted by Crippen LogP contribution is 2.20. The molecular formula is C27H41N7O7.